The molecule has 0 aromatic carbocycles. The van der Waals surface area contributed by atoms with Crippen molar-refractivity contribution in [2.45, 2.75) is 19.2 Å². The molecular formula is C6H8ClNO3. The lowest BCUT2D eigenvalue weighted by molar-refractivity contribution is -0.129. The Bertz CT molecular complexity index is 210. The lowest BCUT2D eigenvalue weighted by Crippen LogP contribution is -2.14. The van der Waals surface area contributed by atoms with Gasteiger partial charge in [0.05, 0.1) is 0 Å². The molecule has 0 aliphatic heterocycles. The van der Waals surface area contributed by atoms with Gasteiger partial charge in [-0.2, -0.15) is 0 Å². The van der Waals surface area contributed by atoms with Gasteiger partial charge >= 0.3 is 5.97 Å². The number of carboxylic acids is 1. The van der Waals surface area contributed by atoms with E-state index in [1.54, 1.807) is 0 Å². The predicted molar refractivity (Wildman–Crippen MR) is 41.1 cm³/mol. The molecule has 5 heteroatoms. The van der Waals surface area contributed by atoms with E-state index in [0.29, 0.717) is 0 Å². The van der Waals surface area contributed by atoms with Crippen molar-refractivity contribution in [3.63, 3.8) is 0 Å². The Hall–Kier alpha value is -0.900. The van der Waals surface area contributed by atoms with E-state index in [1.165, 1.54) is 13.8 Å². The van der Waals surface area contributed by atoms with E-state index in [4.69, 9.17) is 16.7 Å². The van der Waals surface area contributed by atoms with Crippen LogP contribution in [0.25, 0.3) is 0 Å². The molecule has 0 saturated heterocycles. The molecule has 0 aliphatic carbocycles. The molecule has 0 saturated carbocycles. The zero-order valence-corrected chi connectivity index (χ0v) is 6.92. The fourth-order valence-corrected chi connectivity index (χ4v) is 0.351. The minimum atomic E-state index is -1.21. The molecular weight excluding hydrogens is 170 g/mol. The number of halogens is 1. The third kappa shape index (κ3) is 3.72. The van der Waals surface area contributed by atoms with Crippen LogP contribution in [-0.4, -0.2) is 28.1 Å². The van der Waals surface area contributed by atoms with Crippen molar-refractivity contribution in [1.29, 1.82) is 0 Å². The highest BCUT2D eigenvalue weighted by Crippen LogP contribution is 1.96. The average molecular weight is 178 g/mol. The van der Waals surface area contributed by atoms with Crippen molar-refractivity contribution in [2.24, 2.45) is 4.99 Å². The van der Waals surface area contributed by atoms with Crippen LogP contribution in [0.5, 0.6) is 0 Å². The number of nitrogens with zero attached hydrogens (tertiary/aromatic N) is 1. The lowest BCUT2D eigenvalue weighted by Gasteiger charge is -1.95. The van der Waals surface area contributed by atoms with E-state index >= 15 is 0 Å². The van der Waals surface area contributed by atoms with Gasteiger partial charge in [0.15, 0.2) is 0 Å². The summed E-state index contributed by atoms with van der Waals surface area (Å²) in [6, 6.07) is 0. The van der Waals surface area contributed by atoms with Crippen molar-refractivity contribution >= 4 is 29.2 Å². The Morgan fingerprint density at radius 1 is 1.55 bits per heavy atom. The van der Waals surface area contributed by atoms with Crippen molar-refractivity contribution < 1.29 is 14.7 Å². The van der Waals surface area contributed by atoms with Crippen LogP contribution < -0.4 is 0 Å². The molecule has 0 spiro atoms. The van der Waals surface area contributed by atoms with E-state index in [9.17, 15) is 9.59 Å². The number of alkyl halides is 1. The second-order valence-corrected chi connectivity index (χ2v) is 2.61. The fraction of sp³-hybridized carbons (Fsp3) is 0.500. The average Bonchev–Trinajstić information content (AvgIpc) is 1.87. The van der Waals surface area contributed by atoms with Crippen LogP contribution in [0.1, 0.15) is 13.8 Å². The smallest absolute Gasteiger partial charge is 0.350 e. The van der Waals surface area contributed by atoms with Crippen molar-refractivity contribution in [1.82, 2.24) is 0 Å². The van der Waals surface area contributed by atoms with Gasteiger partial charge in [-0.05, 0) is 13.8 Å². The summed E-state index contributed by atoms with van der Waals surface area (Å²) in [6.45, 7) is 2.67. The summed E-state index contributed by atoms with van der Waals surface area (Å²) in [5.74, 6) is -1.85. The number of carboxylic acid groups (broad SMARTS) is 1. The summed E-state index contributed by atoms with van der Waals surface area (Å²) < 4.78 is 0. The number of carbonyl (C=O) groups excluding carboxylic acids is 1. The molecule has 1 atom stereocenters. The first-order chi connectivity index (χ1) is 4.95. The number of amides is 1. The Balaban J connectivity index is 4.32. The Morgan fingerprint density at radius 2 is 2.00 bits per heavy atom. The van der Waals surface area contributed by atoms with Gasteiger partial charge in [0.2, 0.25) is 0 Å². The first kappa shape index (κ1) is 10.1. The van der Waals surface area contributed by atoms with Crippen LogP contribution in [-0.2, 0) is 9.59 Å². The number of rotatable bonds is 2. The van der Waals surface area contributed by atoms with E-state index in [-0.39, 0.29) is 5.71 Å². The molecule has 0 heterocycles. The molecule has 0 aromatic heterocycles. The van der Waals surface area contributed by atoms with E-state index in [2.05, 4.69) is 4.99 Å². The maximum Gasteiger partial charge on any atom is 0.350 e. The third-order valence-electron chi connectivity index (χ3n) is 0.928. The summed E-state index contributed by atoms with van der Waals surface area (Å²) in [7, 11) is 0. The Morgan fingerprint density at radius 3 is 2.27 bits per heavy atom. The molecule has 4 nitrogen and oxygen atoms in total. The largest absolute Gasteiger partial charge is 0.477 e. The molecule has 11 heavy (non-hydrogen) atoms. The highest BCUT2D eigenvalue weighted by Gasteiger charge is 2.10. The minimum absolute atomic E-state index is 0.248. The van der Waals surface area contributed by atoms with E-state index in [1.807, 2.05) is 0 Å². The fourth-order valence-electron chi connectivity index (χ4n) is 0.302. The summed E-state index contributed by atoms with van der Waals surface area (Å²) in [5, 5.41) is 7.51. The highest BCUT2D eigenvalue weighted by atomic mass is 35.5. The molecule has 1 N–H and O–H groups in total. The topological polar surface area (TPSA) is 66.7 Å². The molecule has 0 aliphatic rings. The molecule has 0 fully saturated rings. The predicted octanol–water partition coefficient (Wildman–Crippen LogP) is 0.686. The summed E-state index contributed by atoms with van der Waals surface area (Å²) in [6.07, 6.45) is 0. The summed E-state index contributed by atoms with van der Waals surface area (Å²) in [5.41, 5.74) is -0.248. The molecule has 0 bridgehead atoms. The number of hydrogen-bond donors (Lipinski definition) is 1. The first-order valence-electron chi connectivity index (χ1n) is 2.91. The molecule has 0 radical (unpaired) electrons. The third-order valence-corrected chi connectivity index (χ3v) is 1.11. The monoisotopic (exact) mass is 177 g/mol. The quantitative estimate of drug-likeness (QED) is 0.499. The van der Waals surface area contributed by atoms with Crippen LogP contribution >= 0.6 is 11.6 Å². The minimum Gasteiger partial charge on any atom is -0.477 e. The highest BCUT2D eigenvalue weighted by molar-refractivity contribution is 6.38. The van der Waals surface area contributed by atoms with Crippen molar-refractivity contribution in [3.05, 3.63) is 0 Å². The maximum atomic E-state index is 10.7. The van der Waals surface area contributed by atoms with Gasteiger partial charge in [-0.15, -0.1) is 11.6 Å². The molecule has 0 rings (SSSR count). The first-order valence-corrected chi connectivity index (χ1v) is 3.35. The molecule has 1 unspecified atom stereocenters. The van der Waals surface area contributed by atoms with Crippen LogP contribution in [0.4, 0.5) is 0 Å². The van der Waals surface area contributed by atoms with E-state index < -0.39 is 17.3 Å². The number of carbonyl (C=O) groups is 2. The number of hydrogen-bond acceptors (Lipinski definition) is 2. The molecule has 1 amide bonds. The van der Waals surface area contributed by atoms with Gasteiger partial charge in [0, 0.05) is 0 Å². The molecule has 62 valence electrons. The SMILES string of the molecule is CC(=NC(=O)C(C)Cl)C(=O)O. The van der Waals surface area contributed by atoms with Crippen LogP contribution in [0.2, 0.25) is 0 Å². The van der Waals surface area contributed by atoms with Gasteiger partial charge in [-0.1, -0.05) is 0 Å². The van der Waals surface area contributed by atoms with Gasteiger partial charge in [0.25, 0.3) is 5.91 Å². The van der Waals surface area contributed by atoms with Gasteiger partial charge < -0.3 is 5.11 Å². The van der Waals surface area contributed by atoms with Gasteiger partial charge in [0.1, 0.15) is 11.1 Å². The molecule has 0 aromatic rings. The summed E-state index contributed by atoms with van der Waals surface area (Å²) in [4.78, 5) is 24.0. The standard InChI is InChI=1S/C6H8ClNO3/c1-3(7)5(9)8-4(2)6(10)11/h3H,1-2H3,(H,10,11). The maximum absolute atomic E-state index is 10.7. The second-order valence-electron chi connectivity index (χ2n) is 1.96. The van der Waals surface area contributed by atoms with Gasteiger partial charge in [-0.3, -0.25) is 4.79 Å². The van der Waals surface area contributed by atoms with Gasteiger partial charge in [-0.25, -0.2) is 9.79 Å². The van der Waals surface area contributed by atoms with E-state index in [0.717, 1.165) is 0 Å². The van der Waals surface area contributed by atoms with Crippen LogP contribution in [0.3, 0.4) is 0 Å². The van der Waals surface area contributed by atoms with Crippen molar-refractivity contribution in [3.8, 4) is 0 Å². The van der Waals surface area contributed by atoms with Crippen molar-refractivity contribution in [2.75, 3.05) is 0 Å². The second kappa shape index (κ2) is 4.08. The number of aliphatic imine (C=N–C) groups is 1. The lowest BCUT2D eigenvalue weighted by atomic mass is 10.4. The zero-order valence-electron chi connectivity index (χ0n) is 6.17. The Labute approximate surface area is 68.9 Å². The van der Waals surface area contributed by atoms with Crippen LogP contribution in [0, 0.1) is 0 Å². The Kier molecular flexibility index (Phi) is 3.74. The zero-order chi connectivity index (χ0) is 9.02. The van der Waals surface area contributed by atoms with Crippen LogP contribution in [0.15, 0.2) is 4.99 Å². The normalized spacial score (nSPS) is 14.3. The summed E-state index contributed by atoms with van der Waals surface area (Å²) >= 11 is 5.33. The number of aliphatic carboxylic acids is 1.